The number of halogens is 3. The summed E-state index contributed by atoms with van der Waals surface area (Å²) >= 11 is 0. The van der Waals surface area contributed by atoms with Gasteiger partial charge in [0.2, 0.25) is 0 Å². The molecule has 148 valence electrons. The number of carbonyl (C=O) groups is 2. The van der Waals surface area contributed by atoms with Gasteiger partial charge in [0.15, 0.2) is 6.67 Å². The molecule has 1 aromatic rings. The van der Waals surface area contributed by atoms with Gasteiger partial charge in [-0.15, -0.1) is 0 Å². The standard InChI is InChI=1S/C19H24F3N3O2/c1-13-5-3-4-10-18(13)16(26)25(17(27)23-18)12-24(2)11-14-6-8-15(9-7-14)19(20,21)22/h6-9,13H,3-5,10-12H2,1-2H3,(H,23,27)/p+1/t13-,18+/m0/s1. The van der Waals surface area contributed by atoms with Crippen LogP contribution in [0.1, 0.15) is 43.7 Å². The Morgan fingerprint density at radius 2 is 1.89 bits per heavy atom. The molecule has 1 saturated carbocycles. The van der Waals surface area contributed by atoms with Crippen LogP contribution < -0.4 is 10.2 Å². The quantitative estimate of drug-likeness (QED) is 0.782. The number of hydrogen-bond acceptors (Lipinski definition) is 2. The lowest BCUT2D eigenvalue weighted by Gasteiger charge is -2.36. The highest BCUT2D eigenvalue weighted by molar-refractivity contribution is 6.07. The minimum Gasteiger partial charge on any atom is -0.323 e. The SMILES string of the molecule is C[C@H]1CCCC[C@@]12NC(=O)N(C[NH+](C)Cc1ccc(C(F)(F)F)cc1)C2=O. The number of nitrogens with one attached hydrogen (secondary N) is 2. The van der Waals surface area contributed by atoms with E-state index < -0.39 is 17.3 Å². The van der Waals surface area contributed by atoms with Gasteiger partial charge in [0.05, 0.1) is 12.6 Å². The van der Waals surface area contributed by atoms with Crippen LogP contribution in [-0.2, 0) is 17.5 Å². The molecule has 1 aliphatic carbocycles. The highest BCUT2D eigenvalue weighted by Gasteiger charge is 2.55. The summed E-state index contributed by atoms with van der Waals surface area (Å²) in [6, 6.07) is 4.59. The Labute approximate surface area is 156 Å². The molecule has 1 spiro atoms. The Balaban J connectivity index is 1.64. The van der Waals surface area contributed by atoms with Crippen LogP contribution in [0.4, 0.5) is 18.0 Å². The molecule has 1 heterocycles. The fourth-order valence-electron chi connectivity index (χ4n) is 4.12. The first-order valence-corrected chi connectivity index (χ1v) is 9.25. The molecule has 1 aliphatic heterocycles. The van der Waals surface area contributed by atoms with Crippen LogP contribution in [0.15, 0.2) is 24.3 Å². The van der Waals surface area contributed by atoms with Crippen molar-refractivity contribution in [3.8, 4) is 0 Å². The Morgan fingerprint density at radius 1 is 1.22 bits per heavy atom. The highest BCUT2D eigenvalue weighted by Crippen LogP contribution is 2.37. The third-order valence-corrected chi connectivity index (χ3v) is 5.72. The molecule has 3 atom stereocenters. The molecule has 0 radical (unpaired) electrons. The van der Waals surface area contributed by atoms with E-state index >= 15 is 0 Å². The van der Waals surface area contributed by atoms with Crippen LogP contribution in [0.3, 0.4) is 0 Å². The molecule has 2 N–H and O–H groups in total. The summed E-state index contributed by atoms with van der Waals surface area (Å²) in [6.45, 7) is 2.59. The van der Waals surface area contributed by atoms with Gasteiger partial charge in [0.25, 0.3) is 5.91 Å². The molecular weight excluding hydrogens is 359 g/mol. The minimum atomic E-state index is -4.36. The number of rotatable bonds is 4. The summed E-state index contributed by atoms with van der Waals surface area (Å²) in [5.74, 6) is -0.0746. The molecule has 2 aliphatic rings. The molecule has 2 fully saturated rings. The van der Waals surface area contributed by atoms with E-state index in [0.717, 1.165) is 36.3 Å². The first-order chi connectivity index (χ1) is 12.6. The first kappa shape index (κ1) is 19.7. The average Bonchev–Trinajstić information content (AvgIpc) is 2.82. The second-order valence-corrected chi connectivity index (χ2v) is 7.77. The van der Waals surface area contributed by atoms with Crippen LogP contribution in [-0.4, -0.2) is 36.1 Å². The van der Waals surface area contributed by atoms with Gasteiger partial charge in [-0.2, -0.15) is 13.2 Å². The monoisotopic (exact) mass is 384 g/mol. The summed E-state index contributed by atoms with van der Waals surface area (Å²) < 4.78 is 38.0. The summed E-state index contributed by atoms with van der Waals surface area (Å²) in [6.07, 6.45) is -0.812. The van der Waals surface area contributed by atoms with E-state index in [1.807, 2.05) is 14.0 Å². The predicted molar refractivity (Wildman–Crippen MR) is 92.6 cm³/mol. The zero-order valence-corrected chi connectivity index (χ0v) is 15.5. The van der Waals surface area contributed by atoms with Crippen molar-refractivity contribution in [2.45, 2.75) is 50.9 Å². The van der Waals surface area contributed by atoms with Gasteiger partial charge < -0.3 is 10.2 Å². The summed E-state index contributed by atoms with van der Waals surface area (Å²) in [4.78, 5) is 27.4. The molecule has 0 aromatic heterocycles. The third-order valence-electron chi connectivity index (χ3n) is 5.72. The van der Waals surface area contributed by atoms with Crippen molar-refractivity contribution < 1.29 is 27.7 Å². The molecule has 1 unspecified atom stereocenters. The highest BCUT2D eigenvalue weighted by atomic mass is 19.4. The Morgan fingerprint density at radius 3 is 2.48 bits per heavy atom. The van der Waals surface area contributed by atoms with Crippen LogP contribution >= 0.6 is 0 Å². The number of nitrogens with zero attached hydrogens (tertiary/aromatic N) is 1. The van der Waals surface area contributed by atoms with Crippen LogP contribution in [0.25, 0.3) is 0 Å². The van der Waals surface area contributed by atoms with Crippen LogP contribution in [0.2, 0.25) is 0 Å². The van der Waals surface area contributed by atoms with E-state index in [1.165, 1.54) is 17.0 Å². The summed E-state index contributed by atoms with van der Waals surface area (Å²) in [7, 11) is 1.81. The van der Waals surface area contributed by atoms with Crippen molar-refractivity contribution in [3.05, 3.63) is 35.4 Å². The van der Waals surface area contributed by atoms with Gasteiger partial charge in [0.1, 0.15) is 12.1 Å². The lowest BCUT2D eigenvalue weighted by Crippen LogP contribution is -3.09. The Bertz CT molecular complexity index is 720. The van der Waals surface area contributed by atoms with Crippen molar-refractivity contribution in [1.82, 2.24) is 10.2 Å². The number of amides is 3. The number of hydrogen-bond donors (Lipinski definition) is 2. The second kappa shape index (κ2) is 7.14. The zero-order valence-electron chi connectivity index (χ0n) is 15.5. The van der Waals surface area contributed by atoms with Crippen molar-refractivity contribution >= 4 is 11.9 Å². The van der Waals surface area contributed by atoms with Crippen LogP contribution in [0.5, 0.6) is 0 Å². The smallest absolute Gasteiger partial charge is 0.323 e. The molecule has 27 heavy (non-hydrogen) atoms. The number of urea groups is 1. The van der Waals surface area contributed by atoms with Gasteiger partial charge in [-0.05, 0) is 30.9 Å². The van der Waals surface area contributed by atoms with E-state index in [9.17, 15) is 22.8 Å². The topological polar surface area (TPSA) is 53.9 Å². The average molecular weight is 384 g/mol. The van der Waals surface area contributed by atoms with Gasteiger partial charge in [0, 0.05) is 5.56 Å². The number of quaternary nitrogens is 1. The largest absolute Gasteiger partial charge is 0.416 e. The number of imide groups is 1. The zero-order chi connectivity index (χ0) is 19.8. The van der Waals surface area contributed by atoms with Crippen LogP contribution in [0, 0.1) is 5.92 Å². The molecule has 8 heteroatoms. The maximum absolute atomic E-state index is 13.0. The van der Waals surface area contributed by atoms with Gasteiger partial charge in [-0.3, -0.25) is 4.79 Å². The normalized spacial score (nSPS) is 27.1. The number of benzene rings is 1. The lowest BCUT2D eigenvalue weighted by atomic mass is 9.73. The molecule has 3 rings (SSSR count). The van der Waals surface area contributed by atoms with E-state index in [0.29, 0.717) is 18.5 Å². The van der Waals surface area contributed by atoms with Crippen molar-refractivity contribution in [2.75, 3.05) is 13.7 Å². The molecule has 0 bridgehead atoms. The Kier molecular flexibility index (Phi) is 5.20. The van der Waals surface area contributed by atoms with Crippen molar-refractivity contribution in [2.24, 2.45) is 5.92 Å². The molecule has 5 nitrogen and oxygen atoms in total. The van der Waals surface area contributed by atoms with E-state index in [2.05, 4.69) is 5.32 Å². The van der Waals surface area contributed by atoms with E-state index in [4.69, 9.17) is 0 Å². The van der Waals surface area contributed by atoms with Gasteiger partial charge in [-0.25, -0.2) is 9.69 Å². The molecule has 1 aromatic carbocycles. The predicted octanol–water partition coefficient (Wildman–Crippen LogP) is 2.18. The van der Waals surface area contributed by atoms with Gasteiger partial charge in [-0.1, -0.05) is 31.9 Å². The van der Waals surface area contributed by atoms with E-state index in [1.54, 1.807) is 0 Å². The summed E-state index contributed by atoms with van der Waals surface area (Å²) in [5, 5.41) is 2.91. The first-order valence-electron chi connectivity index (χ1n) is 9.25. The minimum absolute atomic E-state index is 0.0999. The maximum atomic E-state index is 13.0. The third kappa shape index (κ3) is 3.81. The fraction of sp³-hybridized carbons (Fsp3) is 0.579. The number of alkyl halides is 3. The van der Waals surface area contributed by atoms with E-state index in [-0.39, 0.29) is 24.5 Å². The van der Waals surface area contributed by atoms with Gasteiger partial charge >= 0.3 is 12.2 Å². The molecule has 3 amide bonds. The van der Waals surface area contributed by atoms with Crippen molar-refractivity contribution in [1.29, 1.82) is 0 Å². The fourth-order valence-corrected chi connectivity index (χ4v) is 4.12. The second-order valence-electron chi connectivity index (χ2n) is 7.77. The number of carbonyl (C=O) groups excluding carboxylic acids is 2. The molecule has 1 saturated heterocycles. The lowest BCUT2D eigenvalue weighted by molar-refractivity contribution is -0.901. The Hall–Kier alpha value is -2.09. The van der Waals surface area contributed by atoms with Crippen molar-refractivity contribution in [3.63, 3.8) is 0 Å². The summed E-state index contributed by atoms with van der Waals surface area (Å²) in [5.41, 5.74) is -0.760. The molecular formula is C19H25F3N3O2+. The maximum Gasteiger partial charge on any atom is 0.416 e.